The number of hydrogen-bond donors (Lipinski definition) is 4. The Morgan fingerprint density at radius 3 is 1.41 bits per heavy atom. The maximum Gasteiger partial charge on any atom is 0.337 e. The smallest absolute Gasteiger partial charge is 0.337 e. The Bertz CT molecular complexity index is 663. The van der Waals surface area contributed by atoms with Crippen LogP contribution in [0.3, 0.4) is 0 Å². The molecule has 0 atom stereocenters. The second kappa shape index (κ2) is 7.71. The van der Waals surface area contributed by atoms with Crippen LogP contribution in [0.15, 0.2) is 33.5 Å². The molecule has 0 saturated carbocycles. The minimum atomic E-state index is -1.02. The molecule has 0 bridgehead atoms. The van der Waals surface area contributed by atoms with Crippen molar-refractivity contribution in [1.82, 2.24) is 9.97 Å². The van der Waals surface area contributed by atoms with E-state index < -0.39 is 11.9 Å². The number of pyridine rings is 2. The monoisotopic (exact) mass is 432 g/mol. The maximum absolute atomic E-state index is 10.4. The molecule has 0 amide bonds. The van der Waals surface area contributed by atoms with Gasteiger partial charge in [-0.25, -0.2) is 19.6 Å². The van der Waals surface area contributed by atoms with Crippen LogP contribution in [0.4, 0.5) is 11.6 Å². The van der Waals surface area contributed by atoms with E-state index in [1.807, 2.05) is 0 Å². The molecule has 0 saturated heterocycles. The first-order valence-electron chi connectivity index (χ1n) is 5.51. The van der Waals surface area contributed by atoms with E-state index in [9.17, 15) is 9.59 Å². The SMILES string of the molecule is Nc1ncc(C(=O)O)cc1Br.Nc1ncc(C(=O)O)cc1Br. The topological polar surface area (TPSA) is 152 Å². The Morgan fingerprint density at radius 1 is 0.864 bits per heavy atom. The van der Waals surface area contributed by atoms with Crippen LogP contribution in [0.1, 0.15) is 20.7 Å². The Balaban J connectivity index is 0.000000220. The summed E-state index contributed by atoms with van der Waals surface area (Å²) in [7, 11) is 0. The van der Waals surface area contributed by atoms with Gasteiger partial charge in [-0.3, -0.25) is 0 Å². The molecule has 8 nitrogen and oxygen atoms in total. The Kier molecular flexibility index (Phi) is 6.25. The van der Waals surface area contributed by atoms with Crippen LogP contribution in [0.5, 0.6) is 0 Å². The first-order chi connectivity index (χ1) is 10.2. The molecule has 22 heavy (non-hydrogen) atoms. The third-order valence-corrected chi connectivity index (χ3v) is 3.50. The number of aromatic nitrogens is 2. The van der Waals surface area contributed by atoms with Crippen LogP contribution in [0, 0.1) is 0 Å². The second-order valence-electron chi connectivity index (χ2n) is 3.79. The van der Waals surface area contributed by atoms with E-state index in [2.05, 4.69) is 41.8 Å². The largest absolute Gasteiger partial charge is 0.478 e. The van der Waals surface area contributed by atoms with Crippen LogP contribution >= 0.6 is 31.9 Å². The van der Waals surface area contributed by atoms with Crippen molar-refractivity contribution in [3.05, 3.63) is 44.6 Å². The summed E-state index contributed by atoms with van der Waals surface area (Å²) in [6, 6.07) is 2.81. The van der Waals surface area contributed by atoms with Gasteiger partial charge in [-0.2, -0.15) is 0 Å². The Morgan fingerprint density at radius 2 is 1.18 bits per heavy atom. The lowest BCUT2D eigenvalue weighted by molar-refractivity contribution is 0.0685. The molecule has 2 aromatic heterocycles. The van der Waals surface area contributed by atoms with Crippen molar-refractivity contribution >= 4 is 55.4 Å². The zero-order valence-electron chi connectivity index (χ0n) is 10.8. The zero-order valence-corrected chi connectivity index (χ0v) is 14.0. The molecule has 0 radical (unpaired) electrons. The fourth-order valence-electron chi connectivity index (χ4n) is 1.13. The van der Waals surface area contributed by atoms with Crippen LogP contribution in [0.2, 0.25) is 0 Å². The molecule has 10 heteroatoms. The van der Waals surface area contributed by atoms with E-state index in [0.29, 0.717) is 8.95 Å². The van der Waals surface area contributed by atoms with E-state index in [1.54, 1.807) is 0 Å². The van der Waals surface area contributed by atoms with Crippen LogP contribution < -0.4 is 11.5 Å². The third kappa shape index (κ3) is 4.97. The van der Waals surface area contributed by atoms with Crippen molar-refractivity contribution in [2.75, 3.05) is 11.5 Å². The average molecular weight is 434 g/mol. The number of halogens is 2. The lowest BCUT2D eigenvalue weighted by atomic mass is 10.3. The van der Waals surface area contributed by atoms with E-state index >= 15 is 0 Å². The predicted molar refractivity (Wildman–Crippen MR) is 86.6 cm³/mol. The van der Waals surface area contributed by atoms with Crippen molar-refractivity contribution in [3.63, 3.8) is 0 Å². The molecule has 0 fully saturated rings. The van der Waals surface area contributed by atoms with E-state index in [-0.39, 0.29) is 22.8 Å². The van der Waals surface area contributed by atoms with E-state index in [0.717, 1.165) is 0 Å². The molecule has 6 N–H and O–H groups in total. The van der Waals surface area contributed by atoms with Gasteiger partial charge < -0.3 is 21.7 Å². The molecule has 0 unspecified atom stereocenters. The van der Waals surface area contributed by atoms with Gasteiger partial charge in [0.05, 0.1) is 20.1 Å². The highest BCUT2D eigenvalue weighted by atomic mass is 79.9. The summed E-state index contributed by atoms with van der Waals surface area (Å²) in [4.78, 5) is 28.0. The standard InChI is InChI=1S/2C6H5BrN2O2/c2*7-4-1-3(6(10)11)2-9-5(4)8/h2*1-2H,(H2,8,9)(H,10,11). The minimum Gasteiger partial charge on any atom is -0.478 e. The number of nitrogen functional groups attached to an aromatic ring is 2. The highest BCUT2D eigenvalue weighted by Crippen LogP contribution is 2.17. The van der Waals surface area contributed by atoms with E-state index in [4.69, 9.17) is 21.7 Å². The van der Waals surface area contributed by atoms with Gasteiger partial charge in [-0.05, 0) is 44.0 Å². The fourth-order valence-corrected chi connectivity index (χ4v) is 1.83. The van der Waals surface area contributed by atoms with Gasteiger partial charge >= 0.3 is 11.9 Å². The van der Waals surface area contributed by atoms with Crippen molar-refractivity contribution < 1.29 is 19.8 Å². The molecule has 2 rings (SSSR count). The molecule has 2 aromatic rings. The zero-order chi connectivity index (χ0) is 16.9. The number of carboxylic acids is 2. The number of nitrogens with two attached hydrogens (primary N) is 2. The quantitative estimate of drug-likeness (QED) is 0.562. The molecule has 0 aromatic carbocycles. The average Bonchev–Trinajstić information content (AvgIpc) is 2.45. The number of carbonyl (C=O) groups is 2. The van der Waals surface area contributed by atoms with Gasteiger partial charge in [-0.1, -0.05) is 0 Å². The number of nitrogens with zero attached hydrogens (tertiary/aromatic N) is 2. The molecule has 0 aliphatic heterocycles. The van der Waals surface area contributed by atoms with Gasteiger partial charge in [0.1, 0.15) is 11.6 Å². The first-order valence-corrected chi connectivity index (χ1v) is 7.09. The summed E-state index contributed by atoms with van der Waals surface area (Å²) in [6.07, 6.45) is 2.42. The minimum absolute atomic E-state index is 0.117. The third-order valence-electron chi connectivity index (χ3n) is 2.23. The summed E-state index contributed by atoms with van der Waals surface area (Å²) in [5, 5.41) is 17.0. The van der Waals surface area contributed by atoms with Crippen molar-refractivity contribution in [2.45, 2.75) is 0 Å². The summed E-state index contributed by atoms with van der Waals surface area (Å²) >= 11 is 6.13. The summed E-state index contributed by atoms with van der Waals surface area (Å²) in [5.41, 5.74) is 10.9. The Labute approximate surface area is 141 Å². The first kappa shape index (κ1) is 17.9. The molecular weight excluding hydrogens is 424 g/mol. The van der Waals surface area contributed by atoms with E-state index in [1.165, 1.54) is 24.5 Å². The predicted octanol–water partition coefficient (Wildman–Crippen LogP) is 2.25. The number of carboxylic acid groups (broad SMARTS) is 2. The summed E-state index contributed by atoms with van der Waals surface area (Å²) in [6.45, 7) is 0. The van der Waals surface area contributed by atoms with Gasteiger partial charge in [0.15, 0.2) is 0 Å². The van der Waals surface area contributed by atoms with Crippen LogP contribution in [-0.4, -0.2) is 32.1 Å². The molecule has 2 heterocycles. The lowest BCUT2D eigenvalue weighted by Gasteiger charge is -1.97. The normalized spacial score (nSPS) is 9.55. The summed E-state index contributed by atoms with van der Waals surface area (Å²) in [5.74, 6) is -1.46. The van der Waals surface area contributed by atoms with Crippen molar-refractivity contribution in [1.29, 1.82) is 0 Å². The molecular formula is C12H10Br2N4O4. The number of anilines is 2. The van der Waals surface area contributed by atoms with Gasteiger partial charge in [-0.15, -0.1) is 0 Å². The van der Waals surface area contributed by atoms with Crippen molar-refractivity contribution in [3.8, 4) is 0 Å². The Hall–Kier alpha value is -2.20. The lowest BCUT2D eigenvalue weighted by Crippen LogP contribution is -1.99. The highest BCUT2D eigenvalue weighted by Gasteiger charge is 2.05. The van der Waals surface area contributed by atoms with Gasteiger partial charge in [0.25, 0.3) is 0 Å². The molecule has 0 aliphatic carbocycles. The maximum atomic E-state index is 10.4. The fraction of sp³-hybridized carbons (Fsp3) is 0. The number of rotatable bonds is 2. The second-order valence-corrected chi connectivity index (χ2v) is 5.50. The number of hydrogen-bond acceptors (Lipinski definition) is 6. The number of aromatic carboxylic acids is 2. The van der Waals surface area contributed by atoms with Crippen LogP contribution in [-0.2, 0) is 0 Å². The molecule has 0 aliphatic rings. The molecule has 0 spiro atoms. The van der Waals surface area contributed by atoms with Gasteiger partial charge in [0, 0.05) is 12.4 Å². The van der Waals surface area contributed by atoms with Crippen molar-refractivity contribution in [2.24, 2.45) is 0 Å². The molecule has 116 valence electrons. The van der Waals surface area contributed by atoms with Gasteiger partial charge in [0.2, 0.25) is 0 Å². The van der Waals surface area contributed by atoms with Crippen LogP contribution in [0.25, 0.3) is 0 Å². The summed E-state index contributed by atoms with van der Waals surface area (Å²) < 4.78 is 0.995. The highest BCUT2D eigenvalue weighted by molar-refractivity contribution is 9.11.